The van der Waals surface area contributed by atoms with Gasteiger partial charge in [0, 0.05) is 0 Å². The Kier molecular flexibility index (Phi) is 6.33. The van der Waals surface area contributed by atoms with E-state index in [9.17, 15) is 10.2 Å². The van der Waals surface area contributed by atoms with Crippen LogP contribution in [-0.4, -0.2) is 10.2 Å². The molecular formula is C20H26O3. The molecule has 2 rings (SSSR count). The number of aromatic hydroxyl groups is 2. The number of ether oxygens (including phenoxy) is 1. The van der Waals surface area contributed by atoms with Crippen LogP contribution in [0.2, 0.25) is 0 Å². The van der Waals surface area contributed by atoms with E-state index in [0.717, 1.165) is 49.7 Å². The van der Waals surface area contributed by atoms with Gasteiger partial charge >= 0.3 is 0 Å². The Labute approximate surface area is 138 Å². The number of aryl methyl sites for hydroxylation is 2. The lowest BCUT2D eigenvalue weighted by Crippen LogP contribution is -1.96. The van der Waals surface area contributed by atoms with Crippen molar-refractivity contribution in [2.75, 3.05) is 0 Å². The lowest BCUT2D eigenvalue weighted by molar-refractivity contribution is 0.369. The highest BCUT2D eigenvalue weighted by Crippen LogP contribution is 2.44. The Balaban J connectivity index is 2.40. The van der Waals surface area contributed by atoms with Crippen LogP contribution in [0.3, 0.4) is 0 Å². The van der Waals surface area contributed by atoms with Gasteiger partial charge in [0.15, 0.2) is 11.5 Å². The van der Waals surface area contributed by atoms with Crippen LogP contribution < -0.4 is 4.74 Å². The minimum Gasteiger partial charge on any atom is -0.504 e. The molecule has 3 nitrogen and oxygen atoms in total. The molecule has 3 heteroatoms. The van der Waals surface area contributed by atoms with Crippen molar-refractivity contribution in [3.63, 3.8) is 0 Å². The van der Waals surface area contributed by atoms with E-state index in [2.05, 4.69) is 13.8 Å². The van der Waals surface area contributed by atoms with Gasteiger partial charge in [-0.1, -0.05) is 44.9 Å². The average molecular weight is 314 g/mol. The van der Waals surface area contributed by atoms with Crippen molar-refractivity contribution in [1.82, 2.24) is 0 Å². The molecule has 0 unspecified atom stereocenters. The summed E-state index contributed by atoms with van der Waals surface area (Å²) < 4.78 is 5.78. The second-order valence-electron chi connectivity index (χ2n) is 5.84. The molecule has 2 N–H and O–H groups in total. The lowest BCUT2D eigenvalue weighted by Gasteiger charge is -2.16. The van der Waals surface area contributed by atoms with Crippen molar-refractivity contribution >= 4 is 0 Å². The summed E-state index contributed by atoms with van der Waals surface area (Å²) in [6.07, 6.45) is 5.67. The first-order valence-electron chi connectivity index (χ1n) is 8.46. The van der Waals surface area contributed by atoms with Crippen molar-refractivity contribution in [2.45, 2.75) is 52.4 Å². The average Bonchev–Trinajstić information content (AvgIpc) is 2.58. The maximum Gasteiger partial charge on any atom is 0.211 e. The Morgan fingerprint density at radius 2 is 1.35 bits per heavy atom. The summed E-state index contributed by atoms with van der Waals surface area (Å²) in [6, 6.07) is 11.2. The van der Waals surface area contributed by atoms with E-state index in [1.807, 2.05) is 36.4 Å². The third-order valence-corrected chi connectivity index (χ3v) is 3.95. The third kappa shape index (κ3) is 4.41. The van der Waals surface area contributed by atoms with Crippen molar-refractivity contribution in [3.05, 3.63) is 47.5 Å². The van der Waals surface area contributed by atoms with Gasteiger partial charge in [-0.3, -0.25) is 0 Å². The normalized spacial score (nSPS) is 10.7. The SMILES string of the molecule is CCCCc1cc(CCCC)c(O)c(Oc2ccccc2)c1O. The zero-order valence-corrected chi connectivity index (χ0v) is 14.0. The van der Waals surface area contributed by atoms with E-state index in [-0.39, 0.29) is 17.2 Å². The monoisotopic (exact) mass is 314 g/mol. The molecule has 2 aromatic rings. The number of hydrogen-bond acceptors (Lipinski definition) is 3. The van der Waals surface area contributed by atoms with Gasteiger partial charge < -0.3 is 14.9 Å². The van der Waals surface area contributed by atoms with Crippen LogP contribution in [0.1, 0.15) is 50.7 Å². The van der Waals surface area contributed by atoms with Gasteiger partial charge in [-0.25, -0.2) is 0 Å². The summed E-state index contributed by atoms with van der Waals surface area (Å²) in [6.45, 7) is 4.24. The molecule has 0 aliphatic rings. The second kappa shape index (κ2) is 8.47. The number of phenolic OH excluding ortho intramolecular Hbond substituents is 2. The highest BCUT2D eigenvalue weighted by molar-refractivity contribution is 5.59. The fraction of sp³-hybridized carbons (Fsp3) is 0.400. The molecule has 0 radical (unpaired) electrons. The summed E-state index contributed by atoms with van der Waals surface area (Å²) in [4.78, 5) is 0. The molecule has 0 saturated carbocycles. The molecule has 2 aromatic carbocycles. The number of hydrogen-bond donors (Lipinski definition) is 2. The van der Waals surface area contributed by atoms with Crippen molar-refractivity contribution in [3.8, 4) is 23.0 Å². The van der Waals surface area contributed by atoms with Gasteiger partial charge in [-0.05, 0) is 55.0 Å². The van der Waals surface area contributed by atoms with Crippen molar-refractivity contribution < 1.29 is 14.9 Å². The molecule has 0 fully saturated rings. The first kappa shape index (κ1) is 17.2. The van der Waals surface area contributed by atoms with E-state index in [0.29, 0.717) is 5.75 Å². The molecule has 0 amide bonds. The largest absolute Gasteiger partial charge is 0.504 e. The zero-order valence-electron chi connectivity index (χ0n) is 14.0. The predicted octanol–water partition coefficient (Wildman–Crippen LogP) is 5.58. The van der Waals surface area contributed by atoms with Gasteiger partial charge in [-0.2, -0.15) is 0 Å². The topological polar surface area (TPSA) is 49.7 Å². The van der Waals surface area contributed by atoms with E-state index in [4.69, 9.17) is 4.74 Å². The van der Waals surface area contributed by atoms with Crippen LogP contribution in [0.15, 0.2) is 36.4 Å². The Morgan fingerprint density at radius 3 is 1.83 bits per heavy atom. The fourth-order valence-corrected chi connectivity index (χ4v) is 2.57. The molecule has 0 aliphatic carbocycles. The maximum atomic E-state index is 10.5. The standard InChI is InChI=1S/C20H26O3/c1-3-5-10-15-14-16(11-6-4-2)19(22)20(18(15)21)23-17-12-8-7-9-13-17/h7-9,12-14,21-22H,3-6,10-11H2,1-2H3. The molecule has 0 spiro atoms. The molecule has 0 bridgehead atoms. The van der Waals surface area contributed by atoms with Crippen LogP contribution in [-0.2, 0) is 12.8 Å². The summed E-state index contributed by atoms with van der Waals surface area (Å²) in [5, 5.41) is 21.0. The smallest absolute Gasteiger partial charge is 0.211 e. The minimum atomic E-state index is 0.0556. The summed E-state index contributed by atoms with van der Waals surface area (Å²) >= 11 is 0. The summed E-state index contributed by atoms with van der Waals surface area (Å²) in [7, 11) is 0. The number of unbranched alkanes of at least 4 members (excludes halogenated alkanes) is 2. The molecule has 0 atom stereocenters. The highest BCUT2D eigenvalue weighted by Gasteiger charge is 2.19. The van der Waals surface area contributed by atoms with Crippen molar-refractivity contribution in [1.29, 1.82) is 0 Å². The van der Waals surface area contributed by atoms with Crippen LogP contribution >= 0.6 is 0 Å². The molecule has 23 heavy (non-hydrogen) atoms. The minimum absolute atomic E-state index is 0.0556. The van der Waals surface area contributed by atoms with Crippen molar-refractivity contribution in [2.24, 2.45) is 0 Å². The number of para-hydroxylation sites is 1. The first-order valence-corrected chi connectivity index (χ1v) is 8.46. The molecule has 0 saturated heterocycles. The van der Waals surface area contributed by atoms with Gasteiger partial charge in [0.25, 0.3) is 0 Å². The predicted molar refractivity (Wildman–Crippen MR) is 93.5 cm³/mol. The zero-order chi connectivity index (χ0) is 16.7. The Morgan fingerprint density at radius 1 is 0.826 bits per heavy atom. The van der Waals surface area contributed by atoms with E-state index < -0.39 is 0 Å². The van der Waals surface area contributed by atoms with Crippen LogP contribution in [0.25, 0.3) is 0 Å². The van der Waals surface area contributed by atoms with E-state index in [1.165, 1.54) is 0 Å². The highest BCUT2D eigenvalue weighted by atomic mass is 16.5. The van der Waals surface area contributed by atoms with Gasteiger partial charge in [-0.15, -0.1) is 0 Å². The fourth-order valence-electron chi connectivity index (χ4n) is 2.57. The van der Waals surface area contributed by atoms with Crippen LogP contribution in [0.4, 0.5) is 0 Å². The van der Waals surface area contributed by atoms with Gasteiger partial charge in [0.2, 0.25) is 5.75 Å². The van der Waals surface area contributed by atoms with E-state index in [1.54, 1.807) is 0 Å². The van der Waals surface area contributed by atoms with E-state index >= 15 is 0 Å². The number of phenols is 2. The maximum absolute atomic E-state index is 10.5. The number of benzene rings is 2. The first-order chi connectivity index (χ1) is 11.2. The Bertz CT molecular complexity index is 588. The second-order valence-corrected chi connectivity index (χ2v) is 5.84. The molecule has 124 valence electrons. The molecule has 0 aromatic heterocycles. The third-order valence-electron chi connectivity index (χ3n) is 3.95. The Hall–Kier alpha value is -2.16. The van der Waals surface area contributed by atoms with Gasteiger partial charge in [0.1, 0.15) is 5.75 Å². The lowest BCUT2D eigenvalue weighted by atomic mass is 9.99. The molecular weight excluding hydrogens is 288 g/mol. The number of rotatable bonds is 8. The summed E-state index contributed by atoms with van der Waals surface area (Å²) in [5.74, 6) is 0.892. The summed E-state index contributed by atoms with van der Waals surface area (Å²) in [5.41, 5.74) is 1.70. The van der Waals surface area contributed by atoms with Crippen LogP contribution in [0.5, 0.6) is 23.0 Å². The quantitative estimate of drug-likeness (QED) is 0.669. The van der Waals surface area contributed by atoms with Gasteiger partial charge in [0.05, 0.1) is 0 Å². The molecule has 0 heterocycles. The van der Waals surface area contributed by atoms with Crippen LogP contribution in [0, 0.1) is 0 Å². The molecule has 0 aliphatic heterocycles.